The Balaban J connectivity index is 1.39. The van der Waals surface area contributed by atoms with Gasteiger partial charge in [0.25, 0.3) is 5.91 Å². The summed E-state index contributed by atoms with van der Waals surface area (Å²) in [5.41, 5.74) is 0.401. The molecule has 2 fully saturated rings. The van der Waals surface area contributed by atoms with Crippen LogP contribution >= 0.6 is 0 Å². The van der Waals surface area contributed by atoms with E-state index in [-0.39, 0.29) is 24.7 Å². The van der Waals surface area contributed by atoms with E-state index in [4.69, 9.17) is 14.2 Å². The molecule has 1 heterocycles. The lowest BCUT2D eigenvalue weighted by atomic mass is 10.2. The Morgan fingerprint density at radius 3 is 2.52 bits per heavy atom. The third kappa shape index (κ3) is 5.46. The molecule has 0 aromatic heterocycles. The van der Waals surface area contributed by atoms with Gasteiger partial charge in [0.1, 0.15) is 12.4 Å². The molecule has 1 atom stereocenters. The van der Waals surface area contributed by atoms with Gasteiger partial charge in [0.15, 0.2) is 6.61 Å². The van der Waals surface area contributed by atoms with E-state index in [0.29, 0.717) is 17.9 Å². The van der Waals surface area contributed by atoms with E-state index in [1.54, 1.807) is 24.3 Å². The van der Waals surface area contributed by atoms with Crippen LogP contribution in [-0.4, -0.2) is 43.8 Å². The van der Waals surface area contributed by atoms with Crippen LogP contribution in [0.25, 0.3) is 0 Å². The number of hydrogen-bond acceptors (Lipinski definition) is 5. The first-order chi connectivity index (χ1) is 12.2. The van der Waals surface area contributed by atoms with Crippen molar-refractivity contribution in [1.82, 2.24) is 5.32 Å². The predicted octanol–water partition coefficient (Wildman–Crippen LogP) is 2.46. The zero-order valence-corrected chi connectivity index (χ0v) is 14.4. The van der Waals surface area contributed by atoms with Crippen molar-refractivity contribution in [3.63, 3.8) is 0 Å². The second-order valence-electron chi connectivity index (χ2n) is 6.60. The number of esters is 1. The van der Waals surface area contributed by atoms with Gasteiger partial charge in [0.2, 0.25) is 0 Å². The summed E-state index contributed by atoms with van der Waals surface area (Å²) >= 11 is 0. The maximum Gasteiger partial charge on any atom is 0.338 e. The number of rotatable bonds is 7. The Kier molecular flexibility index (Phi) is 6.28. The number of nitrogens with one attached hydrogen (secondary N) is 1. The largest absolute Gasteiger partial charge is 0.491 e. The van der Waals surface area contributed by atoms with Gasteiger partial charge < -0.3 is 19.5 Å². The molecule has 25 heavy (non-hydrogen) atoms. The van der Waals surface area contributed by atoms with Crippen LogP contribution in [0, 0.1) is 0 Å². The SMILES string of the molecule is O=C(COC(=O)c1ccc(OC[C@H]2CCCO2)cc1)NC1CCCC1. The maximum atomic E-state index is 12.0. The Bertz CT molecular complexity index is 574. The molecule has 1 saturated carbocycles. The molecule has 0 radical (unpaired) electrons. The summed E-state index contributed by atoms with van der Waals surface area (Å²) in [5.74, 6) is -0.0601. The fourth-order valence-electron chi connectivity index (χ4n) is 3.21. The van der Waals surface area contributed by atoms with Gasteiger partial charge in [-0.05, 0) is 49.9 Å². The molecular formula is C19H25NO5. The molecular weight excluding hydrogens is 322 g/mol. The number of carbonyl (C=O) groups excluding carboxylic acids is 2. The summed E-state index contributed by atoms with van der Waals surface area (Å²) in [7, 11) is 0. The van der Waals surface area contributed by atoms with Crippen LogP contribution in [0.5, 0.6) is 5.75 Å². The summed E-state index contributed by atoms with van der Waals surface area (Å²) < 4.78 is 16.2. The minimum absolute atomic E-state index is 0.156. The predicted molar refractivity (Wildman–Crippen MR) is 91.6 cm³/mol. The van der Waals surface area contributed by atoms with Crippen LogP contribution in [-0.2, 0) is 14.3 Å². The molecule has 6 nitrogen and oxygen atoms in total. The molecule has 136 valence electrons. The number of benzene rings is 1. The molecule has 1 aromatic rings. The molecule has 6 heteroatoms. The van der Waals surface area contributed by atoms with Crippen molar-refractivity contribution >= 4 is 11.9 Å². The Morgan fingerprint density at radius 1 is 1.08 bits per heavy atom. The summed E-state index contributed by atoms with van der Waals surface area (Å²) in [4.78, 5) is 23.8. The first-order valence-corrected chi connectivity index (χ1v) is 9.01. The highest BCUT2D eigenvalue weighted by Crippen LogP contribution is 2.18. The van der Waals surface area contributed by atoms with Gasteiger partial charge in [-0.2, -0.15) is 0 Å². The maximum absolute atomic E-state index is 12.0. The number of ether oxygens (including phenoxy) is 3. The van der Waals surface area contributed by atoms with Gasteiger partial charge >= 0.3 is 5.97 Å². The fourth-order valence-corrected chi connectivity index (χ4v) is 3.21. The van der Waals surface area contributed by atoms with Gasteiger partial charge in [-0.1, -0.05) is 12.8 Å². The first-order valence-electron chi connectivity index (χ1n) is 9.01. The molecule has 3 rings (SSSR count). The Hall–Kier alpha value is -2.08. The van der Waals surface area contributed by atoms with Crippen molar-refractivity contribution in [2.24, 2.45) is 0 Å². The highest BCUT2D eigenvalue weighted by molar-refractivity contribution is 5.91. The van der Waals surface area contributed by atoms with Crippen LogP contribution in [0.2, 0.25) is 0 Å². The lowest BCUT2D eigenvalue weighted by Crippen LogP contribution is -2.35. The smallest absolute Gasteiger partial charge is 0.338 e. The lowest BCUT2D eigenvalue weighted by molar-refractivity contribution is -0.124. The third-order valence-electron chi connectivity index (χ3n) is 4.60. The van der Waals surface area contributed by atoms with E-state index in [9.17, 15) is 9.59 Å². The highest BCUT2D eigenvalue weighted by Gasteiger charge is 2.18. The monoisotopic (exact) mass is 347 g/mol. The summed E-state index contributed by atoms with van der Waals surface area (Å²) in [6, 6.07) is 6.96. The molecule has 1 aliphatic carbocycles. The van der Waals surface area contributed by atoms with Gasteiger partial charge in [0.05, 0.1) is 11.7 Å². The minimum Gasteiger partial charge on any atom is -0.491 e. The quantitative estimate of drug-likeness (QED) is 0.767. The third-order valence-corrected chi connectivity index (χ3v) is 4.60. The van der Waals surface area contributed by atoms with Crippen molar-refractivity contribution in [2.75, 3.05) is 19.8 Å². The summed E-state index contributed by atoms with van der Waals surface area (Å²) in [6.45, 7) is 1.07. The van der Waals surface area contributed by atoms with Crippen molar-refractivity contribution < 1.29 is 23.8 Å². The van der Waals surface area contributed by atoms with E-state index < -0.39 is 5.97 Å². The van der Waals surface area contributed by atoms with Crippen LogP contribution < -0.4 is 10.1 Å². The molecule has 1 aliphatic heterocycles. The molecule has 0 spiro atoms. The first kappa shape index (κ1) is 17.7. The number of hydrogen-bond donors (Lipinski definition) is 1. The van der Waals surface area contributed by atoms with E-state index in [1.165, 1.54) is 0 Å². The van der Waals surface area contributed by atoms with Gasteiger partial charge in [0, 0.05) is 12.6 Å². The summed E-state index contributed by atoms with van der Waals surface area (Å²) in [5, 5.41) is 2.89. The van der Waals surface area contributed by atoms with E-state index in [1.807, 2.05) is 0 Å². The molecule has 1 N–H and O–H groups in total. The summed E-state index contributed by atoms with van der Waals surface area (Å²) in [6.07, 6.45) is 6.56. The Morgan fingerprint density at radius 2 is 1.84 bits per heavy atom. The van der Waals surface area contributed by atoms with Crippen LogP contribution in [0.15, 0.2) is 24.3 Å². The highest BCUT2D eigenvalue weighted by atomic mass is 16.5. The molecule has 0 bridgehead atoms. The molecule has 0 unspecified atom stereocenters. The lowest BCUT2D eigenvalue weighted by Gasteiger charge is -2.12. The van der Waals surface area contributed by atoms with Gasteiger partial charge in [-0.3, -0.25) is 4.79 Å². The van der Waals surface area contributed by atoms with Crippen LogP contribution in [0.3, 0.4) is 0 Å². The number of carbonyl (C=O) groups is 2. The Labute approximate surface area is 147 Å². The van der Waals surface area contributed by atoms with Gasteiger partial charge in [-0.25, -0.2) is 4.79 Å². The van der Waals surface area contributed by atoms with Crippen molar-refractivity contribution in [3.05, 3.63) is 29.8 Å². The van der Waals surface area contributed by atoms with Gasteiger partial charge in [-0.15, -0.1) is 0 Å². The molecule has 2 aliphatic rings. The van der Waals surface area contributed by atoms with E-state index in [0.717, 1.165) is 45.1 Å². The molecule has 1 saturated heterocycles. The van der Waals surface area contributed by atoms with Crippen LogP contribution in [0.4, 0.5) is 0 Å². The van der Waals surface area contributed by atoms with E-state index >= 15 is 0 Å². The van der Waals surface area contributed by atoms with Crippen molar-refractivity contribution in [1.29, 1.82) is 0 Å². The second kappa shape index (κ2) is 8.85. The second-order valence-corrected chi connectivity index (χ2v) is 6.60. The van der Waals surface area contributed by atoms with Crippen LogP contribution in [0.1, 0.15) is 48.9 Å². The average Bonchev–Trinajstić information content (AvgIpc) is 3.32. The standard InChI is InChI=1S/C19H25NO5/c21-18(20-15-4-1-2-5-15)13-25-19(22)14-7-9-16(10-8-14)24-12-17-6-3-11-23-17/h7-10,15,17H,1-6,11-13H2,(H,20,21)/t17-/m1/s1. The number of amides is 1. The average molecular weight is 347 g/mol. The van der Waals surface area contributed by atoms with Crippen molar-refractivity contribution in [2.45, 2.75) is 50.7 Å². The zero-order valence-electron chi connectivity index (χ0n) is 14.4. The topological polar surface area (TPSA) is 73.9 Å². The fraction of sp³-hybridized carbons (Fsp3) is 0.579. The zero-order chi connectivity index (χ0) is 17.5. The molecule has 1 amide bonds. The normalized spacial score (nSPS) is 20.4. The van der Waals surface area contributed by atoms with Crippen molar-refractivity contribution in [3.8, 4) is 5.75 Å². The molecule has 1 aromatic carbocycles. The van der Waals surface area contributed by atoms with E-state index in [2.05, 4.69) is 5.32 Å². The minimum atomic E-state index is -0.507.